The maximum atomic E-state index is 12.0. The lowest BCUT2D eigenvalue weighted by Crippen LogP contribution is -2.66. The van der Waals surface area contributed by atoms with Crippen LogP contribution in [0.2, 0.25) is 0 Å². The smallest absolute Gasteiger partial charge is 0.407 e. The molecule has 16 heavy (non-hydrogen) atoms. The number of carbonyl (C=O) groups is 2. The zero-order valence-electron chi connectivity index (χ0n) is 10.1. The molecule has 4 nitrogen and oxygen atoms in total. The molecule has 1 heterocycles. The van der Waals surface area contributed by atoms with E-state index in [0.29, 0.717) is 25.4 Å². The topological polar surface area (TPSA) is 57.6 Å². The Labute approximate surface area is 95.6 Å². The van der Waals surface area contributed by atoms with Crippen molar-refractivity contribution in [3.8, 4) is 0 Å². The van der Waals surface area contributed by atoms with E-state index in [9.17, 15) is 9.59 Å². The summed E-state index contributed by atoms with van der Waals surface area (Å²) in [7, 11) is 0. The highest BCUT2D eigenvalue weighted by Crippen LogP contribution is 2.58. The van der Waals surface area contributed by atoms with Crippen LogP contribution in [0.1, 0.15) is 33.6 Å². The second-order valence-electron chi connectivity index (χ2n) is 6.04. The highest BCUT2D eigenvalue weighted by atomic mass is 16.4. The molecule has 0 bridgehead atoms. The molecular formula is C12H19NO3. The number of amides is 1. The van der Waals surface area contributed by atoms with Crippen molar-refractivity contribution in [2.24, 2.45) is 16.7 Å². The van der Waals surface area contributed by atoms with E-state index in [0.717, 1.165) is 6.42 Å². The maximum Gasteiger partial charge on any atom is 0.407 e. The first-order valence-electron chi connectivity index (χ1n) is 5.80. The van der Waals surface area contributed by atoms with Gasteiger partial charge in [-0.1, -0.05) is 20.8 Å². The van der Waals surface area contributed by atoms with Crippen molar-refractivity contribution in [1.29, 1.82) is 0 Å². The normalized spacial score (nSPS) is 34.3. The lowest BCUT2D eigenvalue weighted by atomic mass is 9.46. The molecule has 1 saturated carbocycles. The van der Waals surface area contributed by atoms with Gasteiger partial charge in [0.15, 0.2) is 0 Å². The molecule has 90 valence electrons. The van der Waals surface area contributed by atoms with Crippen LogP contribution in [0, 0.1) is 16.7 Å². The quantitative estimate of drug-likeness (QED) is 0.686. The number of hydrogen-bond donors (Lipinski definition) is 1. The van der Waals surface area contributed by atoms with Gasteiger partial charge >= 0.3 is 6.09 Å². The van der Waals surface area contributed by atoms with Crippen LogP contribution >= 0.6 is 0 Å². The molecule has 4 heteroatoms. The van der Waals surface area contributed by atoms with Gasteiger partial charge in [-0.3, -0.25) is 4.79 Å². The first-order chi connectivity index (χ1) is 7.29. The Hall–Kier alpha value is -1.06. The fourth-order valence-electron chi connectivity index (χ4n) is 3.37. The van der Waals surface area contributed by atoms with Crippen LogP contribution in [0.15, 0.2) is 0 Å². The van der Waals surface area contributed by atoms with E-state index >= 15 is 0 Å². The number of carboxylic acid groups (broad SMARTS) is 1. The van der Waals surface area contributed by atoms with E-state index in [1.54, 1.807) is 0 Å². The van der Waals surface area contributed by atoms with E-state index < -0.39 is 11.5 Å². The van der Waals surface area contributed by atoms with Crippen molar-refractivity contribution in [2.45, 2.75) is 33.6 Å². The number of nitrogens with zero attached hydrogens (tertiary/aromatic N) is 1. The Kier molecular flexibility index (Phi) is 2.30. The van der Waals surface area contributed by atoms with E-state index in [1.807, 2.05) is 20.8 Å². The van der Waals surface area contributed by atoms with E-state index in [4.69, 9.17) is 5.11 Å². The molecule has 1 saturated heterocycles. The summed E-state index contributed by atoms with van der Waals surface area (Å²) >= 11 is 0. The van der Waals surface area contributed by atoms with Crippen LogP contribution in [0.4, 0.5) is 4.79 Å². The second kappa shape index (κ2) is 3.22. The number of piperidine rings is 1. The zero-order chi connectivity index (χ0) is 12.1. The molecular weight excluding hydrogens is 206 g/mol. The van der Waals surface area contributed by atoms with E-state index in [2.05, 4.69) is 0 Å². The third-order valence-corrected chi connectivity index (χ3v) is 4.42. The van der Waals surface area contributed by atoms with Gasteiger partial charge in [-0.15, -0.1) is 0 Å². The Balaban J connectivity index is 2.30. The summed E-state index contributed by atoms with van der Waals surface area (Å²) in [6.45, 7) is 7.09. The predicted molar refractivity (Wildman–Crippen MR) is 59.2 cm³/mol. The number of fused-ring (bicyclic) bond motifs is 1. The van der Waals surface area contributed by atoms with E-state index in [1.165, 1.54) is 4.90 Å². The molecule has 2 rings (SSSR count). The molecule has 0 aromatic carbocycles. The fourth-order valence-corrected chi connectivity index (χ4v) is 3.37. The molecule has 0 aromatic heterocycles. The highest BCUT2D eigenvalue weighted by Gasteiger charge is 2.63. The molecule has 1 aliphatic heterocycles. The minimum absolute atomic E-state index is 0.152. The minimum atomic E-state index is -0.901. The first kappa shape index (κ1) is 11.4. The molecule has 0 spiro atoms. The molecule has 0 aromatic rings. The first-order valence-corrected chi connectivity index (χ1v) is 5.80. The van der Waals surface area contributed by atoms with Gasteiger partial charge in [0.25, 0.3) is 0 Å². The van der Waals surface area contributed by atoms with Crippen LogP contribution in [0.3, 0.4) is 0 Å². The molecule has 1 amide bonds. The largest absolute Gasteiger partial charge is 0.465 e. The maximum absolute atomic E-state index is 12.0. The Morgan fingerprint density at radius 1 is 1.50 bits per heavy atom. The number of rotatable bonds is 0. The highest BCUT2D eigenvalue weighted by molar-refractivity contribution is 5.93. The molecule has 2 fully saturated rings. The van der Waals surface area contributed by atoms with Gasteiger partial charge in [-0.05, 0) is 17.8 Å². The summed E-state index contributed by atoms with van der Waals surface area (Å²) in [4.78, 5) is 24.4. The molecule has 0 unspecified atom stereocenters. The fraction of sp³-hybridized carbons (Fsp3) is 0.833. The average molecular weight is 225 g/mol. The van der Waals surface area contributed by atoms with Crippen LogP contribution in [0.25, 0.3) is 0 Å². The number of ketones is 1. The third-order valence-electron chi connectivity index (χ3n) is 4.42. The van der Waals surface area contributed by atoms with Crippen LogP contribution in [-0.2, 0) is 4.79 Å². The van der Waals surface area contributed by atoms with Gasteiger partial charge in [-0.2, -0.15) is 0 Å². The summed E-state index contributed by atoms with van der Waals surface area (Å²) < 4.78 is 0. The molecule has 1 aliphatic carbocycles. The van der Waals surface area contributed by atoms with Crippen molar-refractivity contribution in [3.05, 3.63) is 0 Å². The van der Waals surface area contributed by atoms with Crippen molar-refractivity contribution in [1.82, 2.24) is 4.90 Å². The average Bonchev–Trinajstić information content (AvgIpc) is 2.13. The van der Waals surface area contributed by atoms with Crippen molar-refractivity contribution in [3.63, 3.8) is 0 Å². The van der Waals surface area contributed by atoms with Crippen LogP contribution in [0.5, 0.6) is 0 Å². The van der Waals surface area contributed by atoms with Crippen LogP contribution < -0.4 is 0 Å². The molecule has 1 N–H and O–H groups in total. The van der Waals surface area contributed by atoms with Crippen molar-refractivity contribution < 1.29 is 14.7 Å². The van der Waals surface area contributed by atoms with Gasteiger partial charge in [0.05, 0.1) is 5.41 Å². The standard InChI is InChI=1S/C12H19NO3/c1-11(2,3)12-7-13(10(15)16)5-4-8(12)6-9(12)14/h8H,4-7H2,1-3H3,(H,15,16)/t8-,12+/m1/s1. The molecule has 0 radical (unpaired) electrons. The summed E-state index contributed by atoms with van der Waals surface area (Å²) in [5.41, 5.74) is -0.579. The Bertz CT molecular complexity index is 345. The SMILES string of the molecule is CC(C)(C)[C@@]12CN(C(=O)O)CC[C@@H]1CC2=O. The second-order valence-corrected chi connectivity index (χ2v) is 6.04. The summed E-state index contributed by atoms with van der Waals surface area (Å²) in [5, 5.41) is 9.05. The van der Waals surface area contributed by atoms with Gasteiger partial charge in [0, 0.05) is 19.5 Å². The van der Waals surface area contributed by atoms with Gasteiger partial charge in [-0.25, -0.2) is 4.79 Å². The summed E-state index contributed by atoms with van der Waals surface area (Å²) in [5.74, 6) is 0.631. The number of hydrogen-bond acceptors (Lipinski definition) is 2. The number of likely N-dealkylation sites (tertiary alicyclic amines) is 1. The number of Topliss-reactive ketones (excluding diaryl/α,β-unsaturated/α-hetero) is 1. The van der Waals surface area contributed by atoms with Crippen molar-refractivity contribution in [2.75, 3.05) is 13.1 Å². The van der Waals surface area contributed by atoms with Gasteiger partial charge < -0.3 is 10.0 Å². The monoisotopic (exact) mass is 225 g/mol. The lowest BCUT2D eigenvalue weighted by Gasteiger charge is -2.59. The predicted octanol–water partition coefficient (Wildman–Crippen LogP) is 1.99. The lowest BCUT2D eigenvalue weighted by molar-refractivity contribution is -0.168. The summed E-state index contributed by atoms with van der Waals surface area (Å²) in [6, 6.07) is 0. The third kappa shape index (κ3) is 1.28. The molecule has 2 atom stereocenters. The zero-order valence-corrected chi connectivity index (χ0v) is 10.1. The molecule has 2 aliphatic rings. The minimum Gasteiger partial charge on any atom is -0.465 e. The Morgan fingerprint density at radius 2 is 2.12 bits per heavy atom. The van der Waals surface area contributed by atoms with Crippen LogP contribution in [-0.4, -0.2) is 35.0 Å². The van der Waals surface area contributed by atoms with Gasteiger partial charge in [0.1, 0.15) is 5.78 Å². The van der Waals surface area contributed by atoms with Gasteiger partial charge in [0.2, 0.25) is 0 Å². The van der Waals surface area contributed by atoms with Crippen molar-refractivity contribution >= 4 is 11.9 Å². The Morgan fingerprint density at radius 3 is 2.56 bits per heavy atom. The summed E-state index contributed by atoms with van der Waals surface area (Å²) in [6.07, 6.45) is 0.571. The van der Waals surface area contributed by atoms with E-state index in [-0.39, 0.29) is 11.2 Å². The number of carbonyl (C=O) groups excluding carboxylic acids is 1.